The second kappa shape index (κ2) is 5.15. The van der Waals surface area contributed by atoms with Crippen molar-refractivity contribution in [1.82, 2.24) is 4.90 Å². The van der Waals surface area contributed by atoms with Crippen molar-refractivity contribution in [3.8, 4) is 0 Å². The molecular weight excluding hydrogens is 250 g/mol. The molecule has 1 heterocycles. The summed E-state index contributed by atoms with van der Waals surface area (Å²) in [6.07, 6.45) is 1.95. The maximum Gasteiger partial charge on any atom is 0.257 e. The number of rotatable bonds is 1. The topological polar surface area (TPSA) is 46.3 Å². The summed E-state index contributed by atoms with van der Waals surface area (Å²) in [5.41, 5.74) is 5.05. The van der Waals surface area contributed by atoms with Crippen LogP contribution in [0.3, 0.4) is 0 Å². The molecule has 0 bridgehead atoms. The van der Waals surface area contributed by atoms with Gasteiger partial charge in [0.15, 0.2) is 0 Å². The minimum Gasteiger partial charge on any atom is -0.396 e. The van der Waals surface area contributed by atoms with Crippen LogP contribution in [0.4, 0.5) is 14.5 Å². The quantitative estimate of drug-likeness (QED) is 0.796. The Bertz CT molecular complexity index is 504. The molecule has 1 aliphatic heterocycles. The number of anilines is 1. The van der Waals surface area contributed by atoms with Crippen molar-refractivity contribution >= 4 is 11.6 Å². The first-order chi connectivity index (χ1) is 8.90. The van der Waals surface area contributed by atoms with Gasteiger partial charge in [-0.1, -0.05) is 6.92 Å². The van der Waals surface area contributed by atoms with E-state index in [1.807, 2.05) is 6.92 Å². The van der Waals surface area contributed by atoms with Gasteiger partial charge in [-0.2, -0.15) is 0 Å². The predicted octanol–water partition coefficient (Wildman–Crippen LogP) is 2.81. The van der Waals surface area contributed by atoms with Crippen LogP contribution in [-0.2, 0) is 0 Å². The van der Waals surface area contributed by atoms with Gasteiger partial charge in [0.1, 0.15) is 11.6 Å². The molecule has 1 saturated heterocycles. The number of nitrogens with two attached hydrogens (primary N) is 1. The van der Waals surface area contributed by atoms with Gasteiger partial charge >= 0.3 is 0 Å². The van der Waals surface area contributed by atoms with Gasteiger partial charge in [0.05, 0.1) is 11.3 Å². The van der Waals surface area contributed by atoms with Crippen LogP contribution >= 0.6 is 0 Å². The maximum atomic E-state index is 13.7. The Kier molecular flexibility index (Phi) is 3.73. The maximum absolute atomic E-state index is 13.7. The summed E-state index contributed by atoms with van der Waals surface area (Å²) in [7, 11) is 0. The van der Waals surface area contributed by atoms with Crippen molar-refractivity contribution in [2.24, 2.45) is 5.92 Å². The molecule has 1 fully saturated rings. The fourth-order valence-electron chi connectivity index (χ4n) is 2.46. The monoisotopic (exact) mass is 268 g/mol. The predicted molar refractivity (Wildman–Crippen MR) is 69.7 cm³/mol. The number of hydrogen-bond acceptors (Lipinski definition) is 2. The Hall–Kier alpha value is -1.65. The number of nitrogens with zero attached hydrogens (tertiary/aromatic N) is 1. The fraction of sp³-hybridized carbons (Fsp3) is 0.500. The van der Waals surface area contributed by atoms with E-state index in [1.54, 1.807) is 4.90 Å². The molecule has 2 unspecified atom stereocenters. The molecule has 1 aliphatic rings. The van der Waals surface area contributed by atoms with Crippen molar-refractivity contribution in [3.05, 3.63) is 29.3 Å². The highest BCUT2D eigenvalue weighted by Crippen LogP contribution is 2.25. The Balaban J connectivity index is 2.31. The lowest BCUT2D eigenvalue weighted by Gasteiger charge is -2.37. The summed E-state index contributed by atoms with van der Waals surface area (Å²) in [6.45, 7) is 4.59. The highest BCUT2D eigenvalue weighted by atomic mass is 19.1. The molecule has 19 heavy (non-hydrogen) atoms. The smallest absolute Gasteiger partial charge is 0.257 e. The molecule has 5 heteroatoms. The van der Waals surface area contributed by atoms with Crippen LogP contribution in [0.5, 0.6) is 0 Å². The minimum absolute atomic E-state index is 0.0642. The van der Waals surface area contributed by atoms with Crippen molar-refractivity contribution in [1.29, 1.82) is 0 Å². The van der Waals surface area contributed by atoms with E-state index >= 15 is 0 Å². The fourth-order valence-corrected chi connectivity index (χ4v) is 2.46. The van der Waals surface area contributed by atoms with Crippen molar-refractivity contribution in [2.45, 2.75) is 32.7 Å². The minimum atomic E-state index is -0.859. The van der Waals surface area contributed by atoms with Gasteiger partial charge in [0, 0.05) is 18.7 Å². The molecule has 0 spiro atoms. The van der Waals surface area contributed by atoms with E-state index in [0.29, 0.717) is 18.5 Å². The molecule has 0 radical (unpaired) electrons. The van der Waals surface area contributed by atoms with Crippen LogP contribution in [0.25, 0.3) is 0 Å². The van der Waals surface area contributed by atoms with Crippen molar-refractivity contribution in [3.63, 3.8) is 0 Å². The molecule has 2 N–H and O–H groups in total. The summed E-state index contributed by atoms with van der Waals surface area (Å²) >= 11 is 0. The number of carbonyl (C=O) groups is 1. The average Bonchev–Trinajstić information content (AvgIpc) is 2.36. The first-order valence-electron chi connectivity index (χ1n) is 6.45. The summed E-state index contributed by atoms with van der Waals surface area (Å²) in [4.78, 5) is 14.0. The van der Waals surface area contributed by atoms with E-state index in [4.69, 9.17) is 5.73 Å². The first-order valence-corrected chi connectivity index (χ1v) is 6.45. The zero-order chi connectivity index (χ0) is 14.2. The van der Waals surface area contributed by atoms with Crippen LogP contribution in [0.15, 0.2) is 12.1 Å². The molecule has 1 aromatic carbocycles. The number of amides is 1. The summed E-state index contributed by atoms with van der Waals surface area (Å²) < 4.78 is 26.8. The van der Waals surface area contributed by atoms with Gasteiger partial charge in [-0.3, -0.25) is 4.79 Å². The molecule has 2 rings (SSSR count). The summed E-state index contributed by atoms with van der Waals surface area (Å²) in [5, 5.41) is 0. The van der Waals surface area contributed by atoms with E-state index in [0.717, 1.165) is 18.9 Å². The highest BCUT2D eigenvalue weighted by molar-refractivity contribution is 5.95. The Morgan fingerprint density at radius 2 is 1.95 bits per heavy atom. The Labute approximate surface area is 111 Å². The van der Waals surface area contributed by atoms with Gasteiger partial charge in [-0.25, -0.2) is 8.78 Å². The lowest BCUT2D eigenvalue weighted by Crippen LogP contribution is -2.45. The number of piperidine rings is 1. The van der Waals surface area contributed by atoms with Gasteiger partial charge < -0.3 is 10.6 Å². The van der Waals surface area contributed by atoms with Gasteiger partial charge in [0.25, 0.3) is 5.91 Å². The molecule has 0 aliphatic carbocycles. The number of likely N-dealkylation sites (tertiary alicyclic amines) is 1. The lowest BCUT2D eigenvalue weighted by atomic mass is 9.94. The SMILES string of the molecule is CC1CCC(C)N(C(=O)c2cc(N)c(F)cc2F)C1. The van der Waals surface area contributed by atoms with Crippen LogP contribution in [0.2, 0.25) is 0 Å². The van der Waals surface area contributed by atoms with E-state index < -0.39 is 17.5 Å². The summed E-state index contributed by atoms with van der Waals surface area (Å²) in [6, 6.07) is 1.81. The zero-order valence-corrected chi connectivity index (χ0v) is 11.1. The Morgan fingerprint density at radius 1 is 1.26 bits per heavy atom. The number of benzene rings is 1. The lowest BCUT2D eigenvalue weighted by molar-refractivity contribution is 0.0569. The number of carbonyl (C=O) groups excluding carboxylic acids is 1. The molecule has 0 aromatic heterocycles. The van der Waals surface area contributed by atoms with E-state index in [-0.39, 0.29) is 17.3 Å². The zero-order valence-electron chi connectivity index (χ0n) is 11.1. The molecule has 0 saturated carbocycles. The van der Waals surface area contributed by atoms with E-state index in [2.05, 4.69) is 6.92 Å². The first kappa shape index (κ1) is 13.8. The second-order valence-electron chi connectivity index (χ2n) is 5.34. The largest absolute Gasteiger partial charge is 0.396 e. The van der Waals surface area contributed by atoms with Crippen LogP contribution < -0.4 is 5.73 Å². The standard InChI is InChI=1S/C14H18F2N2O/c1-8-3-4-9(2)18(7-8)14(19)10-5-13(17)12(16)6-11(10)15/h5-6,8-9H,3-4,7,17H2,1-2H3. The molecule has 3 nitrogen and oxygen atoms in total. The third-order valence-electron chi connectivity index (χ3n) is 3.70. The molecule has 104 valence electrons. The summed E-state index contributed by atoms with van der Waals surface area (Å²) in [5.74, 6) is -1.72. The van der Waals surface area contributed by atoms with Crippen LogP contribution in [-0.4, -0.2) is 23.4 Å². The van der Waals surface area contributed by atoms with Crippen LogP contribution in [0, 0.1) is 17.6 Å². The van der Waals surface area contributed by atoms with E-state index in [1.165, 1.54) is 0 Å². The molecule has 1 aromatic rings. The number of halogens is 2. The average molecular weight is 268 g/mol. The number of hydrogen-bond donors (Lipinski definition) is 1. The molecular formula is C14H18F2N2O. The van der Waals surface area contributed by atoms with Gasteiger partial charge in [0.2, 0.25) is 0 Å². The second-order valence-corrected chi connectivity index (χ2v) is 5.34. The third kappa shape index (κ3) is 2.69. The molecule has 2 atom stereocenters. The van der Waals surface area contributed by atoms with Crippen LogP contribution in [0.1, 0.15) is 37.0 Å². The Morgan fingerprint density at radius 3 is 2.63 bits per heavy atom. The normalized spacial score (nSPS) is 23.5. The molecule has 1 amide bonds. The van der Waals surface area contributed by atoms with Crippen molar-refractivity contribution < 1.29 is 13.6 Å². The van der Waals surface area contributed by atoms with Gasteiger partial charge in [-0.15, -0.1) is 0 Å². The third-order valence-corrected chi connectivity index (χ3v) is 3.70. The van der Waals surface area contributed by atoms with Gasteiger partial charge in [-0.05, 0) is 31.7 Å². The number of nitrogen functional groups attached to an aromatic ring is 1. The highest BCUT2D eigenvalue weighted by Gasteiger charge is 2.29. The van der Waals surface area contributed by atoms with E-state index in [9.17, 15) is 13.6 Å². The van der Waals surface area contributed by atoms with Crippen molar-refractivity contribution in [2.75, 3.05) is 12.3 Å².